The predicted molar refractivity (Wildman–Crippen MR) is 84.0 cm³/mol. The summed E-state index contributed by atoms with van der Waals surface area (Å²) >= 11 is 0. The Bertz CT molecular complexity index is 468. The number of carbonyl (C=O) groups is 1. The highest BCUT2D eigenvalue weighted by Gasteiger charge is 2.32. The van der Waals surface area contributed by atoms with Crippen LogP contribution in [0.5, 0.6) is 0 Å². The molecule has 0 aromatic heterocycles. The third-order valence-corrected chi connectivity index (χ3v) is 4.74. The van der Waals surface area contributed by atoms with E-state index in [0.717, 1.165) is 52.1 Å². The largest absolute Gasteiger partial charge is 0.339 e. The fourth-order valence-corrected chi connectivity index (χ4v) is 3.40. The molecule has 1 amide bonds. The molecule has 2 saturated heterocycles. The fourth-order valence-electron chi connectivity index (χ4n) is 3.40. The number of hydrogen-bond acceptors (Lipinski definition) is 3. The number of carbonyl (C=O) groups excluding carboxylic acids is 1. The molecule has 0 bridgehead atoms. The quantitative estimate of drug-likeness (QED) is 0.841. The van der Waals surface area contributed by atoms with E-state index in [9.17, 15) is 4.79 Å². The number of hydrogen-bond donors (Lipinski definition) is 0. The van der Waals surface area contributed by atoms with Gasteiger partial charge in [0.25, 0.3) is 0 Å². The minimum absolute atomic E-state index is 0.130. The van der Waals surface area contributed by atoms with Crippen molar-refractivity contribution in [2.45, 2.75) is 25.4 Å². The van der Waals surface area contributed by atoms with Crippen LogP contribution >= 0.6 is 0 Å². The van der Waals surface area contributed by atoms with Crippen molar-refractivity contribution in [1.82, 2.24) is 14.7 Å². The lowest BCUT2D eigenvalue weighted by Gasteiger charge is -2.36. The van der Waals surface area contributed by atoms with Crippen LogP contribution in [0.15, 0.2) is 30.3 Å². The smallest absolute Gasteiger partial charge is 0.240 e. The van der Waals surface area contributed by atoms with Crippen LogP contribution in [-0.4, -0.2) is 66.4 Å². The summed E-state index contributed by atoms with van der Waals surface area (Å²) in [6.07, 6.45) is 2.18. The SMILES string of the molecule is CN1CCCC1C(=O)N1CCN(Cc2ccccc2)CC1. The molecule has 0 radical (unpaired) electrons. The molecule has 21 heavy (non-hydrogen) atoms. The van der Waals surface area contributed by atoms with Gasteiger partial charge in [-0.1, -0.05) is 30.3 Å². The van der Waals surface area contributed by atoms with E-state index < -0.39 is 0 Å². The summed E-state index contributed by atoms with van der Waals surface area (Å²) in [6, 6.07) is 10.7. The van der Waals surface area contributed by atoms with Crippen LogP contribution in [0.1, 0.15) is 18.4 Å². The number of piperazine rings is 1. The molecular formula is C17H25N3O. The van der Waals surface area contributed by atoms with E-state index in [1.54, 1.807) is 0 Å². The fraction of sp³-hybridized carbons (Fsp3) is 0.588. The second-order valence-electron chi connectivity index (χ2n) is 6.23. The normalized spacial score (nSPS) is 24.4. The minimum atomic E-state index is 0.130. The molecule has 1 atom stereocenters. The molecule has 2 aliphatic rings. The van der Waals surface area contributed by atoms with Gasteiger partial charge in [0, 0.05) is 32.7 Å². The van der Waals surface area contributed by atoms with Crippen LogP contribution in [0, 0.1) is 0 Å². The summed E-state index contributed by atoms with van der Waals surface area (Å²) in [5.41, 5.74) is 1.35. The second kappa shape index (κ2) is 6.58. The summed E-state index contributed by atoms with van der Waals surface area (Å²) in [5, 5.41) is 0. The standard InChI is InChI=1S/C17H25N3O/c1-18-9-5-8-16(18)17(21)20-12-10-19(11-13-20)14-15-6-3-2-4-7-15/h2-4,6-7,16H,5,8-14H2,1H3. The maximum Gasteiger partial charge on any atom is 0.240 e. The maximum atomic E-state index is 12.5. The van der Waals surface area contributed by atoms with Crippen molar-refractivity contribution in [2.75, 3.05) is 39.8 Å². The monoisotopic (exact) mass is 287 g/mol. The molecule has 1 aromatic rings. The van der Waals surface area contributed by atoms with Gasteiger partial charge in [-0.05, 0) is 32.0 Å². The lowest BCUT2D eigenvalue weighted by molar-refractivity contribution is -0.137. The van der Waals surface area contributed by atoms with Crippen molar-refractivity contribution in [2.24, 2.45) is 0 Å². The summed E-state index contributed by atoms with van der Waals surface area (Å²) in [6.45, 7) is 5.76. The van der Waals surface area contributed by atoms with Crippen molar-refractivity contribution >= 4 is 5.91 Å². The van der Waals surface area contributed by atoms with Crippen molar-refractivity contribution in [1.29, 1.82) is 0 Å². The van der Waals surface area contributed by atoms with E-state index in [2.05, 4.69) is 52.1 Å². The number of likely N-dealkylation sites (N-methyl/N-ethyl adjacent to an activating group) is 1. The van der Waals surface area contributed by atoms with Gasteiger partial charge in [0.1, 0.15) is 0 Å². The first kappa shape index (κ1) is 14.5. The number of rotatable bonds is 3. The van der Waals surface area contributed by atoms with Crippen LogP contribution in [0.2, 0.25) is 0 Å². The van der Waals surface area contributed by atoms with E-state index >= 15 is 0 Å². The Morgan fingerprint density at radius 1 is 1.10 bits per heavy atom. The van der Waals surface area contributed by atoms with Crippen LogP contribution < -0.4 is 0 Å². The maximum absolute atomic E-state index is 12.5. The summed E-state index contributed by atoms with van der Waals surface area (Å²) in [4.78, 5) is 19.3. The topological polar surface area (TPSA) is 26.8 Å². The van der Waals surface area contributed by atoms with Gasteiger partial charge in [0.2, 0.25) is 5.91 Å². The molecular weight excluding hydrogens is 262 g/mol. The molecule has 4 heteroatoms. The zero-order chi connectivity index (χ0) is 14.7. The Hall–Kier alpha value is -1.39. The Kier molecular flexibility index (Phi) is 4.56. The van der Waals surface area contributed by atoms with Gasteiger partial charge in [-0.2, -0.15) is 0 Å². The molecule has 4 nitrogen and oxygen atoms in total. The van der Waals surface area contributed by atoms with Gasteiger partial charge in [0.05, 0.1) is 6.04 Å². The van der Waals surface area contributed by atoms with E-state index in [4.69, 9.17) is 0 Å². The number of amides is 1. The molecule has 0 spiro atoms. The average Bonchev–Trinajstić information content (AvgIpc) is 2.94. The molecule has 1 aromatic carbocycles. The Balaban J connectivity index is 1.50. The molecule has 0 N–H and O–H groups in total. The van der Waals surface area contributed by atoms with Crippen molar-refractivity contribution < 1.29 is 4.79 Å². The number of likely N-dealkylation sites (tertiary alicyclic amines) is 1. The van der Waals surface area contributed by atoms with E-state index in [0.29, 0.717) is 5.91 Å². The molecule has 114 valence electrons. The van der Waals surface area contributed by atoms with Crippen LogP contribution in [-0.2, 0) is 11.3 Å². The minimum Gasteiger partial charge on any atom is -0.339 e. The zero-order valence-corrected chi connectivity index (χ0v) is 12.9. The lowest BCUT2D eigenvalue weighted by atomic mass is 10.1. The van der Waals surface area contributed by atoms with Gasteiger partial charge in [0.15, 0.2) is 0 Å². The van der Waals surface area contributed by atoms with Crippen LogP contribution in [0.25, 0.3) is 0 Å². The summed E-state index contributed by atoms with van der Waals surface area (Å²) < 4.78 is 0. The predicted octanol–water partition coefficient (Wildman–Crippen LogP) is 1.42. The molecule has 0 aliphatic carbocycles. The zero-order valence-electron chi connectivity index (χ0n) is 12.9. The average molecular weight is 287 g/mol. The highest BCUT2D eigenvalue weighted by molar-refractivity contribution is 5.82. The van der Waals surface area contributed by atoms with Crippen molar-refractivity contribution in [3.05, 3.63) is 35.9 Å². The van der Waals surface area contributed by atoms with Gasteiger partial charge >= 0.3 is 0 Å². The van der Waals surface area contributed by atoms with Gasteiger partial charge in [-0.25, -0.2) is 0 Å². The van der Waals surface area contributed by atoms with Crippen LogP contribution in [0.3, 0.4) is 0 Å². The highest BCUT2D eigenvalue weighted by Crippen LogP contribution is 2.18. The number of nitrogens with zero attached hydrogens (tertiary/aromatic N) is 3. The van der Waals surface area contributed by atoms with Crippen molar-refractivity contribution in [3.63, 3.8) is 0 Å². The van der Waals surface area contributed by atoms with Gasteiger partial charge < -0.3 is 4.90 Å². The third kappa shape index (κ3) is 3.44. The third-order valence-electron chi connectivity index (χ3n) is 4.74. The first-order valence-corrected chi connectivity index (χ1v) is 7.99. The van der Waals surface area contributed by atoms with E-state index in [1.807, 2.05) is 0 Å². The molecule has 2 fully saturated rings. The van der Waals surface area contributed by atoms with E-state index in [-0.39, 0.29) is 6.04 Å². The van der Waals surface area contributed by atoms with Gasteiger partial charge in [-0.15, -0.1) is 0 Å². The molecule has 2 heterocycles. The second-order valence-corrected chi connectivity index (χ2v) is 6.23. The van der Waals surface area contributed by atoms with E-state index in [1.165, 1.54) is 5.56 Å². The summed E-state index contributed by atoms with van der Waals surface area (Å²) in [5.74, 6) is 0.342. The van der Waals surface area contributed by atoms with Gasteiger partial charge in [-0.3, -0.25) is 14.6 Å². The molecule has 0 saturated carbocycles. The Morgan fingerprint density at radius 3 is 2.43 bits per heavy atom. The Morgan fingerprint density at radius 2 is 1.81 bits per heavy atom. The molecule has 2 aliphatic heterocycles. The molecule has 1 unspecified atom stereocenters. The first-order chi connectivity index (χ1) is 10.2. The van der Waals surface area contributed by atoms with Crippen molar-refractivity contribution in [3.8, 4) is 0 Å². The highest BCUT2D eigenvalue weighted by atomic mass is 16.2. The number of benzene rings is 1. The first-order valence-electron chi connectivity index (χ1n) is 7.99. The molecule has 3 rings (SSSR count). The Labute approximate surface area is 127 Å². The summed E-state index contributed by atoms with van der Waals surface area (Å²) in [7, 11) is 2.07. The lowest BCUT2D eigenvalue weighted by Crippen LogP contribution is -2.52. The van der Waals surface area contributed by atoms with Crippen LogP contribution in [0.4, 0.5) is 0 Å².